The number of nitrogens with one attached hydrogen (secondary N) is 2. The van der Waals surface area contributed by atoms with E-state index in [4.69, 9.17) is 0 Å². The van der Waals surface area contributed by atoms with Crippen molar-refractivity contribution in [3.63, 3.8) is 0 Å². The summed E-state index contributed by atoms with van der Waals surface area (Å²) in [6, 6.07) is 1.68. The van der Waals surface area contributed by atoms with Crippen LogP contribution in [0.1, 0.15) is 35.7 Å². The summed E-state index contributed by atoms with van der Waals surface area (Å²) in [7, 11) is 0. The monoisotopic (exact) mass is 292 g/mol. The van der Waals surface area contributed by atoms with Gasteiger partial charge in [0, 0.05) is 18.3 Å². The highest BCUT2D eigenvalue weighted by Crippen LogP contribution is 2.24. The molecule has 0 aliphatic rings. The van der Waals surface area contributed by atoms with Crippen LogP contribution in [0.15, 0.2) is 6.07 Å². The number of hydrogen-bond donors (Lipinski definition) is 2. The molecule has 2 rings (SSSR count). The van der Waals surface area contributed by atoms with Crippen molar-refractivity contribution in [2.24, 2.45) is 0 Å². The van der Waals surface area contributed by atoms with Gasteiger partial charge < -0.3 is 5.32 Å². The van der Waals surface area contributed by atoms with E-state index in [1.54, 1.807) is 13.0 Å². The van der Waals surface area contributed by atoms with Crippen LogP contribution in [0.2, 0.25) is 0 Å². The van der Waals surface area contributed by atoms with Crippen LogP contribution < -0.4 is 5.32 Å². The van der Waals surface area contributed by atoms with Crippen LogP contribution in [-0.2, 0) is 13.0 Å². The molecule has 9 nitrogen and oxygen atoms in total. The van der Waals surface area contributed by atoms with Crippen LogP contribution in [0.5, 0.6) is 0 Å². The molecule has 1 amide bonds. The number of amides is 1. The Morgan fingerprint density at radius 3 is 2.76 bits per heavy atom. The van der Waals surface area contributed by atoms with Crippen LogP contribution in [0, 0.1) is 17.0 Å². The number of rotatable bonds is 5. The zero-order chi connectivity index (χ0) is 15.6. The lowest BCUT2D eigenvalue weighted by atomic mass is 10.3. The topological polar surface area (TPSA) is 119 Å². The van der Waals surface area contributed by atoms with Gasteiger partial charge in [-0.1, -0.05) is 6.92 Å². The zero-order valence-electron chi connectivity index (χ0n) is 12.0. The molecule has 0 spiro atoms. The number of aromatic amines is 1. The van der Waals surface area contributed by atoms with Crippen molar-refractivity contribution in [2.75, 3.05) is 5.32 Å². The first-order valence-electron chi connectivity index (χ1n) is 6.55. The Labute approximate surface area is 120 Å². The Morgan fingerprint density at radius 1 is 1.52 bits per heavy atom. The molecule has 0 saturated carbocycles. The molecule has 2 heterocycles. The minimum Gasteiger partial charge on any atom is -0.304 e. The third kappa shape index (κ3) is 2.76. The van der Waals surface area contributed by atoms with Gasteiger partial charge in [0.15, 0.2) is 5.82 Å². The average Bonchev–Trinajstić information content (AvgIpc) is 3.02. The molecule has 2 aromatic heterocycles. The summed E-state index contributed by atoms with van der Waals surface area (Å²) < 4.78 is 1.32. The first kappa shape index (κ1) is 14.7. The summed E-state index contributed by atoms with van der Waals surface area (Å²) in [4.78, 5) is 22.8. The largest absolute Gasteiger partial charge is 0.322 e. The molecule has 0 aromatic carbocycles. The minimum absolute atomic E-state index is 0.0685. The second kappa shape index (κ2) is 5.73. The standard InChI is InChI=1S/C12H16N6O3/c1-4-8-6-9(15-14-8)13-12(19)11-10(18(20)21)7(3)16-17(11)5-2/h6H,4-5H2,1-3H3,(H2,13,14,15,19). The van der Waals surface area contributed by atoms with Crippen molar-refractivity contribution in [1.29, 1.82) is 0 Å². The first-order chi connectivity index (χ1) is 9.97. The van der Waals surface area contributed by atoms with Gasteiger partial charge in [0.25, 0.3) is 5.91 Å². The molecule has 21 heavy (non-hydrogen) atoms. The highest BCUT2D eigenvalue weighted by Gasteiger charge is 2.30. The highest BCUT2D eigenvalue weighted by atomic mass is 16.6. The molecule has 2 N–H and O–H groups in total. The summed E-state index contributed by atoms with van der Waals surface area (Å²) in [5, 5.41) is 24.4. The molecule has 9 heteroatoms. The lowest BCUT2D eigenvalue weighted by Gasteiger charge is -2.03. The van der Waals surface area contributed by atoms with Gasteiger partial charge in [0.1, 0.15) is 5.69 Å². The van der Waals surface area contributed by atoms with E-state index >= 15 is 0 Å². The number of carbonyl (C=O) groups is 1. The smallest absolute Gasteiger partial charge is 0.304 e. The number of nitrogens with zero attached hydrogens (tertiary/aromatic N) is 4. The first-order valence-corrected chi connectivity index (χ1v) is 6.55. The molecule has 0 aliphatic heterocycles. The highest BCUT2D eigenvalue weighted by molar-refractivity contribution is 6.05. The zero-order valence-corrected chi connectivity index (χ0v) is 12.0. The normalized spacial score (nSPS) is 10.6. The van der Waals surface area contributed by atoms with E-state index in [1.165, 1.54) is 11.6 Å². The molecule has 0 atom stereocenters. The van der Waals surface area contributed by atoms with Crippen LogP contribution in [-0.4, -0.2) is 30.8 Å². The van der Waals surface area contributed by atoms with E-state index < -0.39 is 10.8 Å². The van der Waals surface area contributed by atoms with E-state index in [9.17, 15) is 14.9 Å². The molecule has 0 aliphatic carbocycles. The second-order valence-electron chi connectivity index (χ2n) is 4.44. The fraction of sp³-hybridized carbons (Fsp3) is 0.417. The maximum absolute atomic E-state index is 12.3. The van der Waals surface area contributed by atoms with Gasteiger partial charge in [0.05, 0.1) is 4.92 Å². The Morgan fingerprint density at radius 2 is 2.24 bits per heavy atom. The van der Waals surface area contributed by atoms with E-state index in [0.717, 1.165) is 12.1 Å². The minimum atomic E-state index is -0.599. The van der Waals surface area contributed by atoms with Crippen molar-refractivity contribution in [3.8, 4) is 0 Å². The average molecular weight is 292 g/mol. The third-order valence-corrected chi connectivity index (χ3v) is 3.05. The fourth-order valence-corrected chi connectivity index (χ4v) is 2.03. The van der Waals surface area contributed by atoms with Crippen LogP contribution >= 0.6 is 0 Å². The third-order valence-electron chi connectivity index (χ3n) is 3.05. The van der Waals surface area contributed by atoms with Crippen molar-refractivity contribution < 1.29 is 9.72 Å². The lowest BCUT2D eigenvalue weighted by Crippen LogP contribution is -2.19. The SMILES string of the molecule is CCc1cc(NC(=O)c2c([N+](=O)[O-])c(C)nn2CC)n[nH]1. The van der Waals surface area contributed by atoms with Gasteiger partial charge in [0.2, 0.25) is 5.69 Å². The number of nitro groups is 1. The van der Waals surface area contributed by atoms with Crippen molar-refractivity contribution in [3.05, 3.63) is 33.3 Å². The molecule has 112 valence electrons. The van der Waals surface area contributed by atoms with Gasteiger partial charge in [-0.3, -0.25) is 24.7 Å². The Kier molecular flexibility index (Phi) is 4.01. The van der Waals surface area contributed by atoms with Crippen molar-refractivity contribution in [2.45, 2.75) is 33.7 Å². The van der Waals surface area contributed by atoms with Crippen LogP contribution in [0.3, 0.4) is 0 Å². The van der Waals surface area contributed by atoms with Crippen LogP contribution in [0.25, 0.3) is 0 Å². The van der Waals surface area contributed by atoms with E-state index in [0.29, 0.717) is 12.4 Å². The molecule has 0 fully saturated rings. The second-order valence-corrected chi connectivity index (χ2v) is 4.44. The van der Waals surface area contributed by atoms with Gasteiger partial charge in [-0.2, -0.15) is 10.2 Å². The quantitative estimate of drug-likeness (QED) is 0.641. The van der Waals surface area contributed by atoms with Crippen LogP contribution in [0.4, 0.5) is 11.5 Å². The molecule has 0 saturated heterocycles. The Bertz CT molecular complexity index is 687. The predicted octanol–water partition coefficient (Wildman–Crippen LogP) is 1.66. The fourth-order valence-electron chi connectivity index (χ4n) is 2.03. The van der Waals surface area contributed by atoms with Gasteiger partial charge >= 0.3 is 5.69 Å². The molecule has 0 bridgehead atoms. The number of aryl methyl sites for hydroxylation is 3. The van der Waals surface area contributed by atoms with Crippen molar-refractivity contribution >= 4 is 17.4 Å². The maximum Gasteiger partial charge on any atom is 0.322 e. The van der Waals surface area contributed by atoms with E-state index in [-0.39, 0.29) is 17.1 Å². The number of anilines is 1. The van der Waals surface area contributed by atoms with Gasteiger partial charge in [-0.25, -0.2) is 0 Å². The number of H-pyrrole nitrogens is 1. The van der Waals surface area contributed by atoms with Gasteiger partial charge in [-0.15, -0.1) is 0 Å². The molecular weight excluding hydrogens is 276 g/mol. The molecular formula is C12H16N6O3. The van der Waals surface area contributed by atoms with E-state index in [1.807, 2.05) is 6.92 Å². The maximum atomic E-state index is 12.3. The Balaban J connectivity index is 2.36. The lowest BCUT2D eigenvalue weighted by molar-refractivity contribution is -0.385. The summed E-state index contributed by atoms with van der Waals surface area (Å²) in [5.41, 5.74) is 0.727. The Hall–Kier alpha value is -2.71. The van der Waals surface area contributed by atoms with Crippen molar-refractivity contribution in [1.82, 2.24) is 20.0 Å². The predicted molar refractivity (Wildman–Crippen MR) is 75.2 cm³/mol. The molecule has 0 radical (unpaired) electrons. The summed E-state index contributed by atoms with van der Waals surface area (Å²) >= 11 is 0. The summed E-state index contributed by atoms with van der Waals surface area (Å²) in [5.74, 6) is -0.272. The summed E-state index contributed by atoms with van der Waals surface area (Å²) in [6.07, 6.45) is 0.745. The number of aromatic nitrogens is 4. The van der Waals surface area contributed by atoms with E-state index in [2.05, 4.69) is 20.6 Å². The van der Waals surface area contributed by atoms with Gasteiger partial charge in [-0.05, 0) is 20.3 Å². The number of hydrogen-bond acceptors (Lipinski definition) is 5. The number of carbonyl (C=O) groups excluding carboxylic acids is 1. The summed E-state index contributed by atoms with van der Waals surface area (Å²) in [6.45, 7) is 5.57. The molecule has 2 aromatic rings. The molecule has 0 unspecified atom stereocenters.